The van der Waals surface area contributed by atoms with Crippen LogP contribution in [0.15, 0.2) is 24.3 Å². The van der Waals surface area contributed by atoms with Crippen molar-refractivity contribution in [3.8, 4) is 0 Å². The van der Waals surface area contributed by atoms with Gasteiger partial charge in [-0.15, -0.1) is 0 Å². The maximum Gasteiger partial charge on any atom is 0.377 e. The van der Waals surface area contributed by atoms with E-state index in [4.69, 9.17) is 4.65 Å². The van der Waals surface area contributed by atoms with Crippen molar-refractivity contribution in [2.75, 3.05) is 0 Å². The summed E-state index contributed by atoms with van der Waals surface area (Å²) < 4.78 is 5.80. The van der Waals surface area contributed by atoms with E-state index in [9.17, 15) is 0 Å². The highest BCUT2D eigenvalue weighted by Gasteiger charge is 2.40. The molecule has 13 heavy (non-hydrogen) atoms. The standard InChI is InChI=1S/C10H12BNO/c1-11-12-9-6-7-4-2-3-5-8(7)10(9)13-11/h2-5,9-10,12H,6H2,1H3/t9-,10+/m1/s1. The highest BCUT2D eigenvalue weighted by molar-refractivity contribution is 6.48. The molecular weight excluding hydrogens is 161 g/mol. The highest BCUT2D eigenvalue weighted by atomic mass is 16.5. The number of nitrogens with one attached hydrogen (secondary N) is 1. The molecule has 2 atom stereocenters. The number of hydrogen-bond donors (Lipinski definition) is 1. The summed E-state index contributed by atoms with van der Waals surface area (Å²) in [6.07, 6.45) is 1.41. The Hall–Kier alpha value is -0.795. The Morgan fingerprint density at radius 3 is 3.23 bits per heavy atom. The Labute approximate surface area is 78.4 Å². The molecule has 1 heterocycles. The van der Waals surface area contributed by atoms with Gasteiger partial charge in [0, 0.05) is 6.04 Å². The van der Waals surface area contributed by atoms with Crippen LogP contribution in [0.5, 0.6) is 0 Å². The normalized spacial score (nSPS) is 30.4. The molecule has 2 aliphatic rings. The van der Waals surface area contributed by atoms with Gasteiger partial charge in [0.1, 0.15) is 0 Å². The Kier molecular flexibility index (Phi) is 1.52. The molecule has 0 unspecified atom stereocenters. The number of rotatable bonds is 0. The van der Waals surface area contributed by atoms with Crippen molar-refractivity contribution in [3.05, 3.63) is 35.4 Å². The average Bonchev–Trinajstić information content (AvgIpc) is 2.60. The molecule has 1 saturated heterocycles. The van der Waals surface area contributed by atoms with Crippen molar-refractivity contribution in [1.29, 1.82) is 0 Å². The molecule has 0 saturated carbocycles. The molecule has 1 aromatic rings. The molecule has 3 heteroatoms. The molecule has 1 aliphatic heterocycles. The van der Waals surface area contributed by atoms with Gasteiger partial charge in [-0.25, -0.2) is 0 Å². The summed E-state index contributed by atoms with van der Waals surface area (Å²) in [6.45, 7) is 2.07. The zero-order valence-electron chi connectivity index (χ0n) is 7.66. The van der Waals surface area contributed by atoms with Crippen LogP contribution < -0.4 is 5.23 Å². The molecule has 0 radical (unpaired) electrons. The zero-order chi connectivity index (χ0) is 8.84. The maximum atomic E-state index is 5.80. The molecule has 66 valence electrons. The number of benzene rings is 1. The van der Waals surface area contributed by atoms with Crippen LogP contribution in [0, 0.1) is 0 Å². The zero-order valence-corrected chi connectivity index (χ0v) is 7.66. The molecule has 1 aromatic carbocycles. The molecule has 0 aromatic heterocycles. The van der Waals surface area contributed by atoms with E-state index >= 15 is 0 Å². The lowest BCUT2D eigenvalue weighted by Gasteiger charge is -2.09. The van der Waals surface area contributed by atoms with E-state index in [0.29, 0.717) is 12.1 Å². The first kappa shape index (κ1) is 7.59. The van der Waals surface area contributed by atoms with Crippen LogP contribution in [-0.4, -0.2) is 13.1 Å². The summed E-state index contributed by atoms with van der Waals surface area (Å²) in [4.78, 5) is 0. The second-order valence-electron chi connectivity index (χ2n) is 3.88. The van der Waals surface area contributed by atoms with E-state index in [1.807, 2.05) is 0 Å². The fraction of sp³-hybridized carbons (Fsp3) is 0.400. The predicted octanol–water partition coefficient (Wildman–Crippen LogP) is 1.39. The first-order chi connectivity index (χ1) is 6.34. The molecular formula is C10H12BNO. The molecule has 0 amide bonds. The predicted molar refractivity (Wildman–Crippen MR) is 52.5 cm³/mol. The quantitative estimate of drug-likeness (QED) is 0.598. The van der Waals surface area contributed by atoms with Crippen molar-refractivity contribution < 1.29 is 4.65 Å². The van der Waals surface area contributed by atoms with Crippen molar-refractivity contribution in [3.63, 3.8) is 0 Å². The van der Waals surface area contributed by atoms with Crippen molar-refractivity contribution in [1.82, 2.24) is 5.23 Å². The van der Waals surface area contributed by atoms with E-state index in [0.717, 1.165) is 6.42 Å². The summed E-state index contributed by atoms with van der Waals surface area (Å²) in [5.74, 6) is 0. The molecule has 3 rings (SSSR count). The van der Waals surface area contributed by atoms with Gasteiger partial charge in [-0.05, 0) is 24.4 Å². The van der Waals surface area contributed by atoms with E-state index in [2.05, 4.69) is 36.3 Å². The number of fused-ring (bicyclic) bond motifs is 3. The summed E-state index contributed by atoms with van der Waals surface area (Å²) in [5, 5.41) is 3.44. The Balaban J connectivity index is 2.02. The Morgan fingerprint density at radius 2 is 2.31 bits per heavy atom. The minimum absolute atomic E-state index is 0.211. The monoisotopic (exact) mass is 173 g/mol. The van der Waals surface area contributed by atoms with Crippen molar-refractivity contribution in [2.24, 2.45) is 0 Å². The van der Waals surface area contributed by atoms with Gasteiger partial charge in [-0.2, -0.15) is 0 Å². The van der Waals surface area contributed by atoms with Gasteiger partial charge in [0.05, 0.1) is 6.10 Å². The molecule has 1 aliphatic carbocycles. The molecule has 0 bridgehead atoms. The van der Waals surface area contributed by atoms with Crippen LogP contribution in [0.4, 0.5) is 0 Å². The van der Waals surface area contributed by atoms with Gasteiger partial charge in [-0.3, -0.25) is 0 Å². The second kappa shape index (κ2) is 2.60. The SMILES string of the molecule is CB1N[C@@H]2Cc3ccccc3[C@@H]2O1. The minimum atomic E-state index is 0.211. The smallest absolute Gasteiger partial charge is 0.377 e. The van der Waals surface area contributed by atoms with Gasteiger partial charge >= 0.3 is 7.05 Å². The lowest BCUT2D eigenvalue weighted by molar-refractivity contribution is 0.229. The lowest BCUT2D eigenvalue weighted by atomic mass is 9.89. The van der Waals surface area contributed by atoms with Crippen molar-refractivity contribution >= 4 is 7.05 Å². The average molecular weight is 173 g/mol. The van der Waals surface area contributed by atoms with Gasteiger partial charge in [0.15, 0.2) is 0 Å². The Bertz CT molecular complexity index is 341. The maximum absolute atomic E-state index is 5.80. The second-order valence-corrected chi connectivity index (χ2v) is 3.88. The van der Waals surface area contributed by atoms with Crippen LogP contribution in [0.25, 0.3) is 0 Å². The fourth-order valence-electron chi connectivity index (χ4n) is 2.43. The highest BCUT2D eigenvalue weighted by Crippen LogP contribution is 2.37. The summed E-state index contributed by atoms with van der Waals surface area (Å²) in [5.41, 5.74) is 2.82. The summed E-state index contributed by atoms with van der Waals surface area (Å²) in [7, 11) is 0.211. The van der Waals surface area contributed by atoms with E-state index in [1.54, 1.807) is 0 Å². The van der Waals surface area contributed by atoms with Gasteiger partial charge < -0.3 is 9.88 Å². The van der Waals surface area contributed by atoms with Gasteiger partial charge in [0.25, 0.3) is 0 Å². The van der Waals surface area contributed by atoms with Crippen LogP contribution in [0.1, 0.15) is 17.2 Å². The van der Waals surface area contributed by atoms with E-state index < -0.39 is 0 Å². The van der Waals surface area contributed by atoms with E-state index in [1.165, 1.54) is 11.1 Å². The summed E-state index contributed by atoms with van der Waals surface area (Å²) in [6, 6.07) is 9.08. The largest absolute Gasteiger partial charge is 0.413 e. The minimum Gasteiger partial charge on any atom is -0.413 e. The van der Waals surface area contributed by atoms with Gasteiger partial charge in [-0.1, -0.05) is 24.3 Å². The first-order valence-corrected chi connectivity index (χ1v) is 4.84. The fourth-order valence-corrected chi connectivity index (χ4v) is 2.43. The molecule has 1 fully saturated rings. The third kappa shape index (κ3) is 1.04. The third-order valence-corrected chi connectivity index (χ3v) is 2.97. The van der Waals surface area contributed by atoms with Crippen LogP contribution in [0.2, 0.25) is 6.82 Å². The summed E-state index contributed by atoms with van der Waals surface area (Å²) >= 11 is 0. The van der Waals surface area contributed by atoms with Crippen LogP contribution >= 0.6 is 0 Å². The van der Waals surface area contributed by atoms with Crippen molar-refractivity contribution in [2.45, 2.75) is 25.4 Å². The Morgan fingerprint density at radius 1 is 1.46 bits per heavy atom. The first-order valence-electron chi connectivity index (χ1n) is 4.84. The molecule has 2 nitrogen and oxygen atoms in total. The lowest BCUT2D eigenvalue weighted by Crippen LogP contribution is -2.31. The van der Waals surface area contributed by atoms with Gasteiger partial charge in [0.2, 0.25) is 0 Å². The van der Waals surface area contributed by atoms with Crippen LogP contribution in [-0.2, 0) is 11.1 Å². The molecule has 0 spiro atoms. The van der Waals surface area contributed by atoms with Crippen LogP contribution in [0.3, 0.4) is 0 Å². The third-order valence-electron chi connectivity index (χ3n) is 2.97. The molecule has 1 N–H and O–H groups in total. The van der Waals surface area contributed by atoms with E-state index in [-0.39, 0.29) is 7.05 Å². The topological polar surface area (TPSA) is 21.3 Å². The number of hydrogen-bond acceptors (Lipinski definition) is 2.